The number of nitrogens with zero attached hydrogens (tertiary/aromatic N) is 2. The standard InChI is InChI=1S/C26H19ClN2O4S/c27-17-9-12-19-21(14-17)34-26(28-19)29-23(16-7-10-18(30)11-8-16)22(24(32)25(29)33)20(31)13-6-15-4-2-1-3-5-15/h1-5,7-12,14,23,30,32H,6,13H2. The summed E-state index contributed by atoms with van der Waals surface area (Å²) in [7, 11) is 0. The Hall–Kier alpha value is -3.68. The number of phenolic OH excluding ortho intramolecular Hbond substituents is 1. The van der Waals surface area contributed by atoms with E-state index in [1.807, 2.05) is 30.3 Å². The fourth-order valence-corrected chi connectivity index (χ4v) is 5.35. The van der Waals surface area contributed by atoms with Crippen LogP contribution in [0.4, 0.5) is 5.13 Å². The zero-order chi connectivity index (χ0) is 23.8. The summed E-state index contributed by atoms with van der Waals surface area (Å²) in [6.45, 7) is 0. The average Bonchev–Trinajstić information content (AvgIpc) is 3.36. The van der Waals surface area contributed by atoms with Crippen LogP contribution in [0.15, 0.2) is 84.1 Å². The molecule has 5 rings (SSSR count). The van der Waals surface area contributed by atoms with Gasteiger partial charge in [0.2, 0.25) is 0 Å². The minimum absolute atomic E-state index is 0.0314. The summed E-state index contributed by atoms with van der Waals surface area (Å²) < 4.78 is 0.781. The SMILES string of the molecule is O=C(CCc1ccccc1)C1=C(O)C(=O)N(c2nc3ccc(Cl)cc3s2)C1c1ccc(O)cc1. The Kier molecular flexibility index (Phi) is 5.81. The monoisotopic (exact) mass is 490 g/mol. The summed E-state index contributed by atoms with van der Waals surface area (Å²) in [5.74, 6) is -1.53. The maximum atomic E-state index is 13.3. The molecule has 34 heavy (non-hydrogen) atoms. The topological polar surface area (TPSA) is 90.7 Å². The van der Waals surface area contributed by atoms with E-state index in [2.05, 4.69) is 4.98 Å². The van der Waals surface area contributed by atoms with Crippen LogP contribution in [-0.2, 0) is 16.0 Å². The fourth-order valence-electron chi connectivity index (χ4n) is 4.09. The first-order valence-electron chi connectivity index (χ1n) is 10.6. The number of hydrogen-bond acceptors (Lipinski definition) is 6. The lowest BCUT2D eigenvalue weighted by molar-refractivity contribution is -0.118. The largest absolute Gasteiger partial charge is 0.508 e. The molecule has 6 nitrogen and oxygen atoms in total. The van der Waals surface area contributed by atoms with Crippen molar-refractivity contribution in [2.45, 2.75) is 18.9 Å². The molecular weight excluding hydrogens is 472 g/mol. The van der Waals surface area contributed by atoms with Gasteiger partial charge in [-0.2, -0.15) is 0 Å². The fraction of sp³-hybridized carbons (Fsp3) is 0.115. The van der Waals surface area contributed by atoms with Gasteiger partial charge in [0, 0.05) is 11.4 Å². The third-order valence-electron chi connectivity index (χ3n) is 5.75. The molecule has 0 radical (unpaired) electrons. The summed E-state index contributed by atoms with van der Waals surface area (Å²) >= 11 is 7.36. The summed E-state index contributed by atoms with van der Waals surface area (Å²) in [6, 6.07) is 20.1. The predicted octanol–water partition coefficient (Wildman–Crippen LogP) is 5.76. The number of halogens is 1. The van der Waals surface area contributed by atoms with E-state index in [-0.39, 0.29) is 23.5 Å². The van der Waals surface area contributed by atoms with E-state index in [0.717, 1.165) is 10.3 Å². The van der Waals surface area contributed by atoms with Crippen LogP contribution in [0.5, 0.6) is 5.75 Å². The van der Waals surface area contributed by atoms with Crippen molar-refractivity contribution in [2.75, 3.05) is 4.90 Å². The number of amides is 1. The molecule has 1 aliphatic heterocycles. The summed E-state index contributed by atoms with van der Waals surface area (Å²) in [4.78, 5) is 32.5. The van der Waals surface area contributed by atoms with Gasteiger partial charge in [0.05, 0.1) is 21.8 Å². The van der Waals surface area contributed by atoms with Crippen LogP contribution >= 0.6 is 22.9 Å². The van der Waals surface area contributed by atoms with Gasteiger partial charge in [-0.3, -0.25) is 14.5 Å². The van der Waals surface area contributed by atoms with Crippen LogP contribution in [0.25, 0.3) is 10.2 Å². The Labute approximate surface area is 204 Å². The van der Waals surface area contributed by atoms with Gasteiger partial charge in [0.25, 0.3) is 5.91 Å². The van der Waals surface area contributed by atoms with Crippen molar-refractivity contribution in [1.82, 2.24) is 4.98 Å². The molecule has 0 saturated heterocycles. The minimum atomic E-state index is -0.868. The van der Waals surface area contributed by atoms with Gasteiger partial charge >= 0.3 is 0 Å². The van der Waals surface area contributed by atoms with E-state index < -0.39 is 17.7 Å². The van der Waals surface area contributed by atoms with Crippen molar-refractivity contribution in [2.24, 2.45) is 0 Å². The molecule has 1 aliphatic rings. The zero-order valence-electron chi connectivity index (χ0n) is 17.8. The van der Waals surface area contributed by atoms with Crippen LogP contribution in [0, 0.1) is 0 Å². The van der Waals surface area contributed by atoms with Crippen molar-refractivity contribution in [3.8, 4) is 5.75 Å². The Morgan fingerprint density at radius 3 is 2.50 bits per heavy atom. The number of rotatable bonds is 6. The lowest BCUT2D eigenvalue weighted by Crippen LogP contribution is -2.31. The van der Waals surface area contributed by atoms with Crippen molar-refractivity contribution in [1.29, 1.82) is 0 Å². The third kappa shape index (κ3) is 4.04. The molecule has 0 aliphatic carbocycles. The molecule has 3 aromatic carbocycles. The van der Waals surface area contributed by atoms with Crippen LogP contribution in [0.3, 0.4) is 0 Å². The number of Topliss-reactive ketones (excluding diaryl/α,β-unsaturated/α-hetero) is 1. The first-order chi connectivity index (χ1) is 16.4. The van der Waals surface area contributed by atoms with Crippen molar-refractivity contribution < 1.29 is 19.8 Å². The van der Waals surface area contributed by atoms with Crippen LogP contribution in [0.1, 0.15) is 23.6 Å². The first kappa shape index (κ1) is 22.1. The Bertz CT molecular complexity index is 1430. The summed E-state index contributed by atoms with van der Waals surface area (Å²) in [5.41, 5.74) is 2.26. The number of hydrogen-bond donors (Lipinski definition) is 2. The molecule has 0 fully saturated rings. The average molecular weight is 491 g/mol. The number of carbonyl (C=O) groups is 2. The molecule has 0 saturated carbocycles. The highest BCUT2D eigenvalue weighted by Gasteiger charge is 2.45. The molecular formula is C26H19ClN2O4S. The zero-order valence-corrected chi connectivity index (χ0v) is 19.4. The maximum absolute atomic E-state index is 13.3. The molecule has 2 heterocycles. The second-order valence-electron chi connectivity index (χ2n) is 7.95. The molecule has 8 heteroatoms. The van der Waals surface area contributed by atoms with E-state index in [0.29, 0.717) is 27.7 Å². The smallest absolute Gasteiger partial charge is 0.296 e. The number of anilines is 1. The minimum Gasteiger partial charge on any atom is -0.508 e. The molecule has 1 amide bonds. The first-order valence-corrected chi connectivity index (χ1v) is 11.8. The summed E-state index contributed by atoms with van der Waals surface area (Å²) in [5, 5.41) is 21.5. The van der Waals surface area contributed by atoms with Gasteiger partial charge in [-0.15, -0.1) is 0 Å². The predicted molar refractivity (Wildman–Crippen MR) is 132 cm³/mol. The number of thiazole rings is 1. The Balaban J connectivity index is 1.55. The maximum Gasteiger partial charge on any atom is 0.296 e. The number of phenols is 1. The van der Waals surface area contributed by atoms with Gasteiger partial charge < -0.3 is 10.2 Å². The quantitative estimate of drug-likeness (QED) is 0.358. The molecule has 1 atom stereocenters. The van der Waals surface area contributed by atoms with E-state index in [4.69, 9.17) is 11.6 Å². The number of aliphatic hydroxyl groups is 1. The Morgan fingerprint density at radius 2 is 1.76 bits per heavy atom. The van der Waals surface area contributed by atoms with Crippen molar-refractivity contribution >= 4 is 50.0 Å². The normalized spacial score (nSPS) is 16.0. The second kappa shape index (κ2) is 8.93. The van der Waals surface area contributed by atoms with Crippen LogP contribution < -0.4 is 4.90 Å². The van der Waals surface area contributed by atoms with Crippen LogP contribution in [-0.4, -0.2) is 26.9 Å². The highest BCUT2D eigenvalue weighted by Crippen LogP contribution is 2.44. The lowest BCUT2D eigenvalue weighted by atomic mass is 9.93. The molecule has 4 aromatic rings. The van der Waals surface area contributed by atoms with Crippen molar-refractivity contribution in [3.05, 3.63) is 100 Å². The summed E-state index contributed by atoms with van der Waals surface area (Å²) in [6.07, 6.45) is 0.612. The third-order valence-corrected chi connectivity index (χ3v) is 7.00. The van der Waals surface area contributed by atoms with Crippen LogP contribution in [0.2, 0.25) is 5.02 Å². The van der Waals surface area contributed by atoms with Gasteiger partial charge in [0.1, 0.15) is 5.75 Å². The number of aliphatic hydroxyl groups excluding tert-OH is 1. The number of aromatic hydroxyl groups is 1. The van der Waals surface area contributed by atoms with Gasteiger partial charge in [-0.05, 0) is 47.9 Å². The van der Waals surface area contributed by atoms with Gasteiger partial charge in [-0.25, -0.2) is 4.98 Å². The van der Waals surface area contributed by atoms with E-state index in [1.165, 1.54) is 28.4 Å². The number of carbonyl (C=O) groups excluding carboxylic acids is 2. The van der Waals surface area contributed by atoms with Crippen molar-refractivity contribution in [3.63, 3.8) is 0 Å². The van der Waals surface area contributed by atoms with E-state index in [9.17, 15) is 19.8 Å². The van der Waals surface area contributed by atoms with E-state index >= 15 is 0 Å². The molecule has 1 aromatic heterocycles. The molecule has 0 spiro atoms. The highest BCUT2D eigenvalue weighted by molar-refractivity contribution is 7.22. The Morgan fingerprint density at radius 1 is 1.03 bits per heavy atom. The second-order valence-corrected chi connectivity index (χ2v) is 9.39. The number of aromatic nitrogens is 1. The number of ketones is 1. The van der Waals surface area contributed by atoms with Gasteiger partial charge in [-0.1, -0.05) is 65.4 Å². The van der Waals surface area contributed by atoms with E-state index in [1.54, 1.807) is 30.3 Å². The number of benzene rings is 3. The molecule has 0 bridgehead atoms. The number of aryl methyl sites for hydroxylation is 1. The lowest BCUT2D eigenvalue weighted by Gasteiger charge is -2.24. The molecule has 2 N–H and O–H groups in total. The van der Waals surface area contributed by atoms with Gasteiger partial charge in [0.15, 0.2) is 16.7 Å². The molecule has 170 valence electrons. The molecule has 1 unspecified atom stereocenters. The number of fused-ring (bicyclic) bond motifs is 1. The highest BCUT2D eigenvalue weighted by atomic mass is 35.5.